The minimum atomic E-state index is -0.610. The first-order valence-corrected chi connectivity index (χ1v) is 6.25. The van der Waals surface area contributed by atoms with Gasteiger partial charge in [0.05, 0.1) is 6.10 Å². The summed E-state index contributed by atoms with van der Waals surface area (Å²) in [4.78, 5) is 0. The fraction of sp³-hybridized carbons (Fsp3) is 0.176. The van der Waals surface area contributed by atoms with Gasteiger partial charge >= 0.3 is 0 Å². The summed E-state index contributed by atoms with van der Waals surface area (Å²) in [5, 5.41) is 18.5. The highest BCUT2D eigenvalue weighted by Crippen LogP contribution is 2.16. The van der Waals surface area contributed by atoms with Crippen LogP contribution in [0.25, 0.3) is 0 Å². The highest BCUT2D eigenvalue weighted by atomic mass is 16.3. The third-order valence-electron chi connectivity index (χ3n) is 2.82. The van der Waals surface area contributed by atoms with E-state index in [-0.39, 0.29) is 6.61 Å². The van der Waals surface area contributed by atoms with Gasteiger partial charge in [0.15, 0.2) is 0 Å². The fourth-order valence-electron chi connectivity index (χ4n) is 1.74. The number of aliphatic hydroxyl groups is 2. The molecule has 96 valence electrons. The Kier molecular flexibility index (Phi) is 4.74. The van der Waals surface area contributed by atoms with Crippen molar-refractivity contribution in [3.05, 3.63) is 71.3 Å². The van der Waals surface area contributed by atoms with Gasteiger partial charge in [-0.05, 0) is 29.8 Å². The molecule has 2 N–H and O–H groups in total. The number of hydrogen-bond acceptors (Lipinski definition) is 2. The summed E-state index contributed by atoms with van der Waals surface area (Å²) < 4.78 is 0. The predicted molar refractivity (Wildman–Crippen MR) is 75.5 cm³/mol. The normalized spacial score (nSPS) is 11.5. The second-order valence-electron chi connectivity index (χ2n) is 4.27. The Balaban J connectivity index is 2.09. The molecule has 1 atom stereocenters. The van der Waals surface area contributed by atoms with E-state index in [1.54, 1.807) is 0 Å². The van der Waals surface area contributed by atoms with Crippen molar-refractivity contribution in [2.45, 2.75) is 12.5 Å². The average Bonchev–Trinajstić information content (AvgIpc) is 2.47. The molecule has 0 aliphatic heterocycles. The Morgan fingerprint density at radius 3 is 2.00 bits per heavy atom. The van der Waals surface area contributed by atoms with Crippen molar-refractivity contribution in [3.8, 4) is 11.8 Å². The van der Waals surface area contributed by atoms with Crippen LogP contribution >= 0.6 is 0 Å². The maximum atomic E-state index is 9.72. The molecule has 2 aromatic carbocycles. The zero-order valence-electron chi connectivity index (χ0n) is 10.6. The highest BCUT2D eigenvalue weighted by Gasteiger charge is 2.05. The molecule has 2 aromatic rings. The minimum absolute atomic E-state index is 0.0171. The van der Waals surface area contributed by atoms with Crippen molar-refractivity contribution in [2.24, 2.45) is 0 Å². The molecular formula is C17H16O2. The SMILES string of the molecule is OCC[C@@H](O)c1ccc(C#Cc2ccccc2)cc1. The third kappa shape index (κ3) is 3.96. The lowest BCUT2D eigenvalue weighted by Crippen LogP contribution is -1.99. The summed E-state index contributed by atoms with van der Waals surface area (Å²) in [6, 6.07) is 17.3. The topological polar surface area (TPSA) is 40.5 Å². The molecule has 0 heterocycles. The first kappa shape index (κ1) is 13.4. The smallest absolute Gasteiger partial charge is 0.0811 e. The molecule has 19 heavy (non-hydrogen) atoms. The molecule has 0 spiro atoms. The summed E-state index contributed by atoms with van der Waals surface area (Å²) in [5.41, 5.74) is 2.69. The van der Waals surface area contributed by atoms with Crippen LogP contribution in [0.1, 0.15) is 29.2 Å². The van der Waals surface area contributed by atoms with E-state index in [0.717, 1.165) is 16.7 Å². The van der Waals surface area contributed by atoms with Gasteiger partial charge in [-0.2, -0.15) is 0 Å². The van der Waals surface area contributed by atoms with E-state index in [4.69, 9.17) is 5.11 Å². The quantitative estimate of drug-likeness (QED) is 0.824. The first-order chi connectivity index (χ1) is 9.29. The number of hydrogen-bond donors (Lipinski definition) is 2. The van der Waals surface area contributed by atoms with Crippen LogP contribution in [-0.4, -0.2) is 16.8 Å². The van der Waals surface area contributed by atoms with Crippen molar-refractivity contribution in [1.82, 2.24) is 0 Å². The van der Waals surface area contributed by atoms with Gasteiger partial charge in [0, 0.05) is 24.2 Å². The van der Waals surface area contributed by atoms with E-state index in [1.165, 1.54) is 0 Å². The number of rotatable bonds is 3. The highest BCUT2D eigenvalue weighted by molar-refractivity contribution is 5.43. The zero-order chi connectivity index (χ0) is 13.5. The molecule has 0 unspecified atom stereocenters. The fourth-order valence-corrected chi connectivity index (χ4v) is 1.74. The van der Waals surface area contributed by atoms with Gasteiger partial charge in [0.1, 0.15) is 0 Å². The second-order valence-corrected chi connectivity index (χ2v) is 4.27. The van der Waals surface area contributed by atoms with Crippen LogP contribution in [0.2, 0.25) is 0 Å². The number of aliphatic hydroxyl groups excluding tert-OH is 2. The van der Waals surface area contributed by atoms with E-state index in [9.17, 15) is 5.11 Å². The Morgan fingerprint density at radius 2 is 1.42 bits per heavy atom. The maximum Gasteiger partial charge on any atom is 0.0811 e. The van der Waals surface area contributed by atoms with Crippen LogP contribution in [0, 0.1) is 11.8 Å². The molecule has 0 bridgehead atoms. The van der Waals surface area contributed by atoms with Gasteiger partial charge < -0.3 is 10.2 Å². The monoisotopic (exact) mass is 252 g/mol. The summed E-state index contributed by atoms with van der Waals surface area (Å²) >= 11 is 0. The van der Waals surface area contributed by atoms with Gasteiger partial charge in [0.25, 0.3) is 0 Å². The molecule has 0 fully saturated rings. The first-order valence-electron chi connectivity index (χ1n) is 6.25. The molecule has 0 amide bonds. The van der Waals surface area contributed by atoms with Crippen molar-refractivity contribution >= 4 is 0 Å². The van der Waals surface area contributed by atoms with Crippen molar-refractivity contribution in [1.29, 1.82) is 0 Å². The average molecular weight is 252 g/mol. The van der Waals surface area contributed by atoms with Crippen LogP contribution in [-0.2, 0) is 0 Å². The Labute approximate surface area is 113 Å². The molecule has 0 aromatic heterocycles. The molecule has 2 heteroatoms. The maximum absolute atomic E-state index is 9.72. The lowest BCUT2D eigenvalue weighted by molar-refractivity contribution is 0.134. The molecular weight excluding hydrogens is 236 g/mol. The minimum Gasteiger partial charge on any atom is -0.396 e. The summed E-state index contributed by atoms with van der Waals surface area (Å²) in [6.45, 7) is -0.0171. The van der Waals surface area contributed by atoms with Crippen molar-refractivity contribution in [3.63, 3.8) is 0 Å². The van der Waals surface area contributed by atoms with Crippen LogP contribution in [0.3, 0.4) is 0 Å². The van der Waals surface area contributed by atoms with E-state index in [1.807, 2.05) is 54.6 Å². The molecule has 0 saturated heterocycles. The Morgan fingerprint density at radius 1 is 0.842 bits per heavy atom. The van der Waals surface area contributed by atoms with Crippen molar-refractivity contribution in [2.75, 3.05) is 6.61 Å². The van der Waals surface area contributed by atoms with Crippen molar-refractivity contribution < 1.29 is 10.2 Å². The van der Waals surface area contributed by atoms with E-state index in [2.05, 4.69) is 11.8 Å². The largest absolute Gasteiger partial charge is 0.396 e. The molecule has 2 rings (SSSR count). The third-order valence-corrected chi connectivity index (χ3v) is 2.82. The Bertz CT molecular complexity index is 562. The molecule has 0 radical (unpaired) electrons. The van der Waals surface area contributed by atoms with Gasteiger partial charge in [-0.3, -0.25) is 0 Å². The summed E-state index contributed by atoms with van der Waals surface area (Å²) in [6.07, 6.45) is -0.254. The molecule has 2 nitrogen and oxygen atoms in total. The van der Waals surface area contributed by atoms with Crippen LogP contribution in [0.5, 0.6) is 0 Å². The predicted octanol–water partition coefficient (Wildman–Crippen LogP) is 2.50. The lowest BCUT2D eigenvalue weighted by atomic mass is 10.0. The van der Waals surface area contributed by atoms with E-state index >= 15 is 0 Å². The van der Waals surface area contributed by atoms with E-state index < -0.39 is 6.10 Å². The summed E-state index contributed by atoms with van der Waals surface area (Å²) in [7, 11) is 0. The zero-order valence-corrected chi connectivity index (χ0v) is 10.6. The standard InChI is InChI=1S/C17H16O2/c18-13-12-17(19)16-10-8-15(9-11-16)7-6-14-4-2-1-3-5-14/h1-5,8-11,17-19H,12-13H2/t17-/m1/s1. The Hall–Kier alpha value is -2.08. The van der Waals surface area contributed by atoms with Crippen LogP contribution < -0.4 is 0 Å². The van der Waals surface area contributed by atoms with E-state index in [0.29, 0.717) is 6.42 Å². The second kappa shape index (κ2) is 6.75. The van der Waals surface area contributed by atoms with Crippen LogP contribution in [0.15, 0.2) is 54.6 Å². The molecule has 0 aliphatic carbocycles. The number of benzene rings is 2. The van der Waals surface area contributed by atoms with Gasteiger partial charge in [-0.25, -0.2) is 0 Å². The molecule has 0 aliphatic rings. The van der Waals surface area contributed by atoms with Crippen LogP contribution in [0.4, 0.5) is 0 Å². The van der Waals surface area contributed by atoms with Gasteiger partial charge in [-0.15, -0.1) is 0 Å². The van der Waals surface area contributed by atoms with Gasteiger partial charge in [0.2, 0.25) is 0 Å². The lowest BCUT2D eigenvalue weighted by Gasteiger charge is -2.08. The summed E-state index contributed by atoms with van der Waals surface area (Å²) in [5.74, 6) is 6.16. The van der Waals surface area contributed by atoms with Gasteiger partial charge in [-0.1, -0.05) is 42.2 Å². The molecule has 0 saturated carbocycles.